The van der Waals surface area contributed by atoms with E-state index in [1.807, 2.05) is 0 Å². The molecule has 3 rings (SSSR count). The van der Waals surface area contributed by atoms with Gasteiger partial charge in [0, 0.05) is 11.3 Å². The van der Waals surface area contributed by atoms with Gasteiger partial charge in [0.2, 0.25) is 5.89 Å². The third-order valence-electron chi connectivity index (χ3n) is 3.11. The van der Waals surface area contributed by atoms with E-state index in [-0.39, 0.29) is 17.5 Å². The van der Waals surface area contributed by atoms with Gasteiger partial charge in [0.25, 0.3) is 5.22 Å². The van der Waals surface area contributed by atoms with E-state index in [4.69, 9.17) is 9.15 Å². The van der Waals surface area contributed by atoms with Crippen LogP contribution >= 0.6 is 11.8 Å². The normalized spacial score (nSPS) is 10.7. The van der Waals surface area contributed by atoms with Crippen molar-refractivity contribution >= 4 is 11.8 Å². The molecule has 0 aliphatic rings. The monoisotopic (exact) mass is 334 g/mol. The molecule has 2 aromatic carbocycles. The molecule has 118 valence electrons. The van der Waals surface area contributed by atoms with Crippen LogP contribution in [0.25, 0.3) is 11.5 Å². The highest BCUT2D eigenvalue weighted by Crippen LogP contribution is 2.28. The number of rotatable bonds is 5. The molecule has 1 heterocycles. The highest BCUT2D eigenvalue weighted by atomic mass is 32.2. The highest BCUT2D eigenvalue weighted by molar-refractivity contribution is 7.98. The van der Waals surface area contributed by atoms with E-state index >= 15 is 0 Å². The Hall–Kier alpha value is -2.41. The van der Waals surface area contributed by atoms with Gasteiger partial charge in [-0.3, -0.25) is 0 Å². The molecule has 0 aliphatic carbocycles. The lowest BCUT2D eigenvalue weighted by Gasteiger charge is -2.02. The summed E-state index contributed by atoms with van der Waals surface area (Å²) in [6.45, 7) is 0. The largest absolute Gasteiger partial charge is 0.494 e. The van der Waals surface area contributed by atoms with Crippen LogP contribution < -0.4 is 4.74 Å². The molecule has 0 atom stereocenters. The van der Waals surface area contributed by atoms with Gasteiger partial charge in [0.1, 0.15) is 5.82 Å². The topological polar surface area (TPSA) is 48.2 Å². The second-order valence-corrected chi connectivity index (χ2v) is 5.53. The van der Waals surface area contributed by atoms with Crippen LogP contribution in [0.3, 0.4) is 0 Å². The summed E-state index contributed by atoms with van der Waals surface area (Å²) in [7, 11) is 1.39. The van der Waals surface area contributed by atoms with Crippen LogP contribution in [0.4, 0.5) is 8.78 Å². The molecule has 0 saturated heterocycles. The average molecular weight is 334 g/mol. The Morgan fingerprint density at radius 1 is 1.09 bits per heavy atom. The minimum atomic E-state index is -0.510. The summed E-state index contributed by atoms with van der Waals surface area (Å²) in [5.41, 5.74) is 1.00. The van der Waals surface area contributed by atoms with Crippen LogP contribution in [-0.4, -0.2) is 17.3 Å². The molecule has 0 aliphatic heterocycles. The lowest BCUT2D eigenvalue weighted by molar-refractivity contribution is 0.386. The first-order valence-electron chi connectivity index (χ1n) is 6.71. The van der Waals surface area contributed by atoms with Gasteiger partial charge in [-0.15, -0.1) is 10.2 Å². The van der Waals surface area contributed by atoms with Gasteiger partial charge in [-0.1, -0.05) is 30.0 Å². The maximum absolute atomic E-state index is 13.7. The van der Waals surface area contributed by atoms with Gasteiger partial charge in [-0.2, -0.15) is 0 Å². The second kappa shape index (κ2) is 6.78. The molecule has 1 aromatic heterocycles. The lowest BCUT2D eigenvalue weighted by Crippen LogP contribution is -1.88. The minimum absolute atomic E-state index is 0.141. The minimum Gasteiger partial charge on any atom is -0.494 e. The van der Waals surface area contributed by atoms with Crippen LogP contribution in [0.5, 0.6) is 5.75 Å². The van der Waals surface area contributed by atoms with Gasteiger partial charge in [0.15, 0.2) is 11.6 Å². The summed E-state index contributed by atoms with van der Waals surface area (Å²) in [6.07, 6.45) is 0. The van der Waals surface area contributed by atoms with Crippen LogP contribution in [0.1, 0.15) is 5.56 Å². The number of nitrogens with zero attached hydrogens (tertiary/aromatic N) is 2. The number of thioether (sulfide) groups is 1. The fourth-order valence-corrected chi connectivity index (χ4v) is 2.69. The van der Waals surface area contributed by atoms with E-state index in [1.54, 1.807) is 24.3 Å². The van der Waals surface area contributed by atoms with Crippen molar-refractivity contribution in [1.29, 1.82) is 0 Å². The van der Waals surface area contributed by atoms with Gasteiger partial charge in [-0.25, -0.2) is 8.78 Å². The molecule has 4 nitrogen and oxygen atoms in total. The summed E-state index contributed by atoms with van der Waals surface area (Å²) in [5.74, 6) is -0.0867. The van der Waals surface area contributed by atoms with E-state index in [2.05, 4.69) is 10.2 Å². The number of hydrogen-bond donors (Lipinski definition) is 0. The first kappa shape index (κ1) is 15.5. The van der Waals surface area contributed by atoms with E-state index < -0.39 is 5.82 Å². The third-order valence-corrected chi connectivity index (χ3v) is 3.98. The molecular formula is C16H12F2N2O2S. The first-order chi connectivity index (χ1) is 11.2. The molecule has 0 N–H and O–H groups in total. The van der Waals surface area contributed by atoms with E-state index in [9.17, 15) is 8.78 Å². The standard InChI is InChI=1S/C16H12F2N2O2S/c1-21-14-7-6-10(8-13(14)18)15-19-20-16(22-15)23-9-11-4-2-3-5-12(11)17/h2-8H,9H2,1H3. The molecule has 23 heavy (non-hydrogen) atoms. The van der Waals surface area contributed by atoms with E-state index in [0.717, 1.165) is 0 Å². The van der Waals surface area contributed by atoms with Crippen molar-refractivity contribution < 1.29 is 17.9 Å². The lowest BCUT2D eigenvalue weighted by atomic mass is 10.2. The maximum Gasteiger partial charge on any atom is 0.277 e. The number of halogens is 2. The predicted octanol–water partition coefficient (Wildman–Crippen LogP) is 4.32. The molecule has 0 saturated carbocycles. The van der Waals surface area contributed by atoms with Crippen molar-refractivity contribution in [3.8, 4) is 17.2 Å². The fraction of sp³-hybridized carbons (Fsp3) is 0.125. The molecule has 0 radical (unpaired) electrons. The van der Waals surface area contributed by atoms with Crippen LogP contribution in [0, 0.1) is 11.6 Å². The summed E-state index contributed by atoms with van der Waals surface area (Å²) < 4.78 is 37.6. The van der Waals surface area contributed by atoms with Crippen molar-refractivity contribution in [2.24, 2.45) is 0 Å². The Labute approximate surface area is 135 Å². The Morgan fingerprint density at radius 3 is 2.65 bits per heavy atom. The van der Waals surface area contributed by atoms with Crippen LogP contribution in [-0.2, 0) is 5.75 Å². The zero-order valence-corrected chi connectivity index (χ0v) is 12.9. The summed E-state index contributed by atoms with van der Waals surface area (Å²) in [6, 6.07) is 10.9. The number of ether oxygens (including phenoxy) is 1. The van der Waals surface area contributed by atoms with Gasteiger partial charge in [-0.05, 0) is 29.8 Å². The summed E-state index contributed by atoms with van der Waals surface area (Å²) in [5, 5.41) is 8.05. The zero-order valence-electron chi connectivity index (χ0n) is 12.1. The fourth-order valence-electron chi connectivity index (χ4n) is 1.94. The third kappa shape index (κ3) is 3.50. The first-order valence-corrected chi connectivity index (χ1v) is 7.69. The molecule has 7 heteroatoms. The quantitative estimate of drug-likeness (QED) is 0.651. The van der Waals surface area contributed by atoms with Gasteiger partial charge < -0.3 is 9.15 Å². The molecule has 0 bridgehead atoms. The Bertz CT molecular complexity index is 823. The molecule has 0 fully saturated rings. The summed E-state index contributed by atoms with van der Waals surface area (Å²) in [4.78, 5) is 0. The smallest absolute Gasteiger partial charge is 0.277 e. The van der Waals surface area contributed by atoms with Crippen molar-refractivity contribution in [1.82, 2.24) is 10.2 Å². The van der Waals surface area contributed by atoms with Crippen molar-refractivity contribution in [2.45, 2.75) is 11.0 Å². The number of methoxy groups -OCH3 is 1. The van der Waals surface area contributed by atoms with Crippen LogP contribution in [0.2, 0.25) is 0 Å². The average Bonchev–Trinajstić information content (AvgIpc) is 3.03. The van der Waals surface area contributed by atoms with Crippen molar-refractivity contribution in [2.75, 3.05) is 7.11 Å². The van der Waals surface area contributed by atoms with Crippen LogP contribution in [0.15, 0.2) is 52.1 Å². The Morgan fingerprint density at radius 2 is 1.91 bits per heavy atom. The molecule has 0 spiro atoms. The number of aromatic nitrogens is 2. The van der Waals surface area contributed by atoms with Crippen molar-refractivity contribution in [3.05, 3.63) is 59.7 Å². The van der Waals surface area contributed by atoms with Gasteiger partial charge in [0.05, 0.1) is 7.11 Å². The zero-order chi connectivity index (χ0) is 16.2. The maximum atomic E-state index is 13.7. The molecule has 0 amide bonds. The summed E-state index contributed by atoms with van der Waals surface area (Å²) >= 11 is 1.22. The molecule has 0 unspecified atom stereocenters. The Balaban J connectivity index is 1.73. The van der Waals surface area contributed by atoms with E-state index in [0.29, 0.717) is 22.1 Å². The van der Waals surface area contributed by atoms with E-state index in [1.165, 1.54) is 37.1 Å². The van der Waals surface area contributed by atoms with Gasteiger partial charge >= 0.3 is 0 Å². The number of benzene rings is 2. The SMILES string of the molecule is COc1ccc(-c2nnc(SCc3ccccc3F)o2)cc1F. The second-order valence-electron chi connectivity index (χ2n) is 4.60. The highest BCUT2D eigenvalue weighted by Gasteiger charge is 2.12. The Kier molecular flexibility index (Phi) is 4.57. The predicted molar refractivity (Wildman–Crippen MR) is 82.2 cm³/mol. The molecular weight excluding hydrogens is 322 g/mol. The number of hydrogen-bond acceptors (Lipinski definition) is 5. The van der Waals surface area contributed by atoms with Crippen molar-refractivity contribution in [3.63, 3.8) is 0 Å². The molecule has 3 aromatic rings.